The Hall–Kier alpha value is -2.41. The van der Waals surface area contributed by atoms with Crippen LogP contribution >= 0.6 is 0 Å². The first-order chi connectivity index (χ1) is 12.4. The Kier molecular flexibility index (Phi) is 3.08. The molecule has 1 atom stereocenters. The maximum absolute atomic E-state index is 11.2. The summed E-state index contributed by atoms with van der Waals surface area (Å²) in [5.74, 6) is 1.64. The number of hydrogen-bond acceptors (Lipinski definition) is 6. The molecule has 2 aliphatic rings. The molecule has 3 N–H and O–H groups in total. The lowest BCUT2D eigenvalue weighted by molar-refractivity contribution is 0.0470. The first-order valence-electron chi connectivity index (χ1n) is 9.26. The van der Waals surface area contributed by atoms with E-state index in [0.29, 0.717) is 23.9 Å². The normalized spacial score (nSPS) is 22.5. The van der Waals surface area contributed by atoms with Gasteiger partial charge in [-0.3, -0.25) is 0 Å². The van der Waals surface area contributed by atoms with Gasteiger partial charge in [-0.2, -0.15) is 0 Å². The van der Waals surface area contributed by atoms with Gasteiger partial charge in [0.25, 0.3) is 0 Å². The van der Waals surface area contributed by atoms with E-state index in [4.69, 9.17) is 10.3 Å². The fourth-order valence-electron chi connectivity index (χ4n) is 4.37. The molecule has 0 bridgehead atoms. The highest BCUT2D eigenvalue weighted by Crippen LogP contribution is 2.52. The van der Waals surface area contributed by atoms with Crippen LogP contribution in [0.15, 0.2) is 10.9 Å². The number of rotatable bonds is 2. The zero-order chi connectivity index (χ0) is 18.2. The van der Waals surface area contributed by atoms with Gasteiger partial charge in [-0.25, -0.2) is 9.97 Å². The van der Waals surface area contributed by atoms with Crippen LogP contribution in [-0.4, -0.2) is 24.8 Å². The standard InChI is InChI=1S/C19H23N5O2/c1-9(2)24-11-6-7-19(3,25)14-15(23-26-16(14)10-4-5-10)12(11)13-17(20)21-8-22-18(13)24/h8-10,25H,4-7H2,1-3H3,(H2,20,21,22)/t19-/m0/s1. The monoisotopic (exact) mass is 353 g/mol. The summed E-state index contributed by atoms with van der Waals surface area (Å²) in [6, 6.07) is 0.205. The summed E-state index contributed by atoms with van der Waals surface area (Å²) >= 11 is 0. The van der Waals surface area contributed by atoms with Crippen LogP contribution in [0.1, 0.15) is 69.0 Å². The maximum atomic E-state index is 11.2. The summed E-state index contributed by atoms with van der Waals surface area (Å²) < 4.78 is 7.94. The molecule has 3 aromatic rings. The number of nitrogens with two attached hydrogens (primary N) is 1. The largest absolute Gasteiger partial charge is 0.385 e. The van der Waals surface area contributed by atoms with Crippen LogP contribution in [0.5, 0.6) is 0 Å². The fourth-order valence-corrected chi connectivity index (χ4v) is 4.37. The first kappa shape index (κ1) is 15.8. The van der Waals surface area contributed by atoms with Gasteiger partial charge in [0.15, 0.2) is 0 Å². The molecule has 5 rings (SSSR count). The Morgan fingerprint density at radius 1 is 1.35 bits per heavy atom. The topological polar surface area (TPSA) is 103 Å². The van der Waals surface area contributed by atoms with Crippen LogP contribution in [0.3, 0.4) is 0 Å². The van der Waals surface area contributed by atoms with Crippen molar-refractivity contribution in [3.63, 3.8) is 0 Å². The molecular formula is C19H23N5O2. The van der Waals surface area contributed by atoms with Gasteiger partial charge in [-0.1, -0.05) is 5.16 Å². The minimum absolute atomic E-state index is 0.205. The molecule has 0 aliphatic heterocycles. The molecule has 0 unspecified atom stereocenters. The minimum atomic E-state index is -0.981. The second-order valence-electron chi connectivity index (χ2n) is 8.06. The minimum Gasteiger partial charge on any atom is -0.385 e. The molecule has 0 amide bonds. The highest BCUT2D eigenvalue weighted by molar-refractivity contribution is 6.02. The van der Waals surface area contributed by atoms with Crippen molar-refractivity contribution in [2.24, 2.45) is 0 Å². The molecule has 1 saturated carbocycles. The summed E-state index contributed by atoms with van der Waals surface area (Å²) in [4.78, 5) is 8.73. The molecule has 0 saturated heterocycles. The lowest BCUT2D eigenvalue weighted by atomic mass is 9.89. The van der Waals surface area contributed by atoms with E-state index in [2.05, 4.69) is 33.5 Å². The summed E-state index contributed by atoms with van der Waals surface area (Å²) in [6.45, 7) is 6.11. The molecule has 3 heterocycles. The van der Waals surface area contributed by atoms with E-state index in [1.807, 2.05) is 6.92 Å². The summed E-state index contributed by atoms with van der Waals surface area (Å²) in [5.41, 5.74) is 9.65. The molecule has 136 valence electrons. The van der Waals surface area contributed by atoms with Crippen LogP contribution in [0.4, 0.5) is 5.82 Å². The quantitative estimate of drug-likeness (QED) is 0.733. The highest BCUT2D eigenvalue weighted by atomic mass is 16.5. The van der Waals surface area contributed by atoms with Crippen LogP contribution in [0.25, 0.3) is 22.3 Å². The molecule has 0 spiro atoms. The van der Waals surface area contributed by atoms with Gasteiger partial charge >= 0.3 is 0 Å². The Morgan fingerprint density at radius 3 is 2.81 bits per heavy atom. The van der Waals surface area contributed by atoms with Gasteiger partial charge < -0.3 is 19.9 Å². The second kappa shape index (κ2) is 5.07. The highest BCUT2D eigenvalue weighted by Gasteiger charge is 2.43. The third-order valence-electron chi connectivity index (χ3n) is 5.72. The number of aliphatic hydroxyl groups is 1. The van der Waals surface area contributed by atoms with Crippen molar-refractivity contribution in [2.75, 3.05) is 5.73 Å². The number of anilines is 1. The molecule has 3 aromatic heterocycles. The van der Waals surface area contributed by atoms with Crippen molar-refractivity contribution in [2.45, 2.75) is 64.0 Å². The zero-order valence-corrected chi connectivity index (χ0v) is 15.3. The molecule has 1 fully saturated rings. The first-order valence-corrected chi connectivity index (χ1v) is 9.26. The summed E-state index contributed by atoms with van der Waals surface area (Å²) in [7, 11) is 0. The smallest absolute Gasteiger partial charge is 0.146 e. The van der Waals surface area contributed by atoms with Crippen LogP contribution < -0.4 is 5.73 Å². The third kappa shape index (κ3) is 2.00. The molecule has 0 radical (unpaired) electrons. The Bertz CT molecular complexity index is 1030. The number of nitrogen functional groups attached to an aromatic ring is 1. The van der Waals surface area contributed by atoms with Gasteiger partial charge in [0.05, 0.1) is 16.6 Å². The third-order valence-corrected chi connectivity index (χ3v) is 5.72. The summed E-state index contributed by atoms with van der Waals surface area (Å²) in [5, 5.41) is 16.5. The van der Waals surface area contributed by atoms with Crippen LogP contribution in [0, 0.1) is 0 Å². The van der Waals surface area contributed by atoms with Crippen molar-refractivity contribution < 1.29 is 9.63 Å². The van der Waals surface area contributed by atoms with E-state index >= 15 is 0 Å². The lowest BCUT2D eigenvalue weighted by Crippen LogP contribution is -2.23. The predicted molar refractivity (Wildman–Crippen MR) is 97.7 cm³/mol. The van der Waals surface area contributed by atoms with Gasteiger partial charge in [-0.15, -0.1) is 0 Å². The Labute approximate surface area is 151 Å². The van der Waals surface area contributed by atoms with E-state index in [1.54, 1.807) is 0 Å². The Balaban J connectivity index is 1.92. The van der Waals surface area contributed by atoms with E-state index in [1.165, 1.54) is 6.33 Å². The van der Waals surface area contributed by atoms with E-state index in [-0.39, 0.29) is 6.04 Å². The zero-order valence-electron chi connectivity index (χ0n) is 15.3. The predicted octanol–water partition coefficient (Wildman–Crippen LogP) is 3.28. The number of nitrogens with zero attached hydrogens (tertiary/aromatic N) is 4. The summed E-state index contributed by atoms with van der Waals surface area (Å²) in [6.07, 6.45) is 5.00. The van der Waals surface area contributed by atoms with E-state index in [9.17, 15) is 5.11 Å². The van der Waals surface area contributed by atoms with Crippen molar-refractivity contribution >= 4 is 16.9 Å². The molecule has 26 heavy (non-hydrogen) atoms. The van der Waals surface area contributed by atoms with Crippen molar-refractivity contribution in [1.29, 1.82) is 0 Å². The van der Waals surface area contributed by atoms with Crippen molar-refractivity contribution in [1.82, 2.24) is 19.7 Å². The van der Waals surface area contributed by atoms with Gasteiger partial charge in [0.1, 0.15) is 29.2 Å². The fraction of sp³-hybridized carbons (Fsp3) is 0.526. The van der Waals surface area contributed by atoms with Gasteiger partial charge in [-0.05, 0) is 46.5 Å². The molecular weight excluding hydrogens is 330 g/mol. The van der Waals surface area contributed by atoms with Crippen molar-refractivity contribution in [3.8, 4) is 11.3 Å². The number of hydrogen-bond donors (Lipinski definition) is 2. The van der Waals surface area contributed by atoms with Crippen LogP contribution in [-0.2, 0) is 12.0 Å². The maximum Gasteiger partial charge on any atom is 0.146 e. The van der Waals surface area contributed by atoms with E-state index in [0.717, 1.165) is 52.9 Å². The number of fused-ring (bicyclic) bond motifs is 5. The van der Waals surface area contributed by atoms with Crippen molar-refractivity contribution in [3.05, 3.63) is 23.3 Å². The average Bonchev–Trinajstić information content (AvgIpc) is 3.24. The Morgan fingerprint density at radius 2 is 2.12 bits per heavy atom. The van der Waals surface area contributed by atoms with E-state index < -0.39 is 5.60 Å². The van der Waals surface area contributed by atoms with Crippen LogP contribution in [0.2, 0.25) is 0 Å². The molecule has 7 heteroatoms. The molecule has 0 aromatic carbocycles. The number of aromatic nitrogens is 4. The molecule has 7 nitrogen and oxygen atoms in total. The molecule has 2 aliphatic carbocycles. The van der Waals surface area contributed by atoms with Gasteiger partial charge in [0, 0.05) is 23.2 Å². The average molecular weight is 353 g/mol. The van der Waals surface area contributed by atoms with Gasteiger partial charge in [0.2, 0.25) is 0 Å². The SMILES string of the molecule is CC(C)n1c2c(c3c(N)ncnc31)-c1noc(C3CC3)c1[C@@](C)(O)CC2. The second-order valence-corrected chi connectivity index (χ2v) is 8.06. The lowest BCUT2D eigenvalue weighted by Gasteiger charge is -2.22.